The van der Waals surface area contributed by atoms with Crippen LogP contribution in [-0.2, 0) is 19.2 Å². The number of fused-ring (bicyclic) bond motifs is 1. The Morgan fingerprint density at radius 3 is 2.74 bits per heavy atom. The van der Waals surface area contributed by atoms with E-state index >= 15 is 0 Å². The van der Waals surface area contributed by atoms with E-state index in [4.69, 9.17) is 0 Å². The molecule has 2 saturated heterocycles. The molecule has 0 radical (unpaired) electrons. The lowest BCUT2D eigenvalue weighted by atomic mass is 10.0. The predicted molar refractivity (Wildman–Crippen MR) is 137 cm³/mol. The highest BCUT2D eigenvalue weighted by molar-refractivity contribution is 8.00. The zero-order valence-electron chi connectivity index (χ0n) is 20.0. The van der Waals surface area contributed by atoms with Gasteiger partial charge < -0.3 is 15.3 Å². The summed E-state index contributed by atoms with van der Waals surface area (Å²) in [6, 6.07) is 8.72. The molecule has 0 unspecified atom stereocenters. The molecule has 4 heterocycles. The molecule has 1 aromatic heterocycles. The third kappa shape index (κ3) is 4.47. The summed E-state index contributed by atoms with van der Waals surface area (Å²) in [5.74, 6) is -1.85. The molecule has 1 aliphatic carbocycles. The lowest BCUT2D eigenvalue weighted by molar-refractivity contribution is -0.150. The number of allylic oxidation sites excluding steroid dienone is 1. The first-order valence-corrected chi connectivity index (χ1v) is 14.1. The van der Waals surface area contributed by atoms with Crippen molar-refractivity contribution in [1.82, 2.24) is 35.3 Å². The number of likely N-dealkylation sites (tertiary alicyclic amines) is 1. The van der Waals surface area contributed by atoms with E-state index in [1.54, 1.807) is 6.08 Å². The largest absolute Gasteiger partial charge is 0.477 e. The summed E-state index contributed by atoms with van der Waals surface area (Å²) >= 11 is 2.50. The minimum Gasteiger partial charge on any atom is -0.477 e. The molecule has 2 N–H and O–H groups in total. The first-order valence-electron chi connectivity index (χ1n) is 12.1. The highest BCUT2D eigenvalue weighted by atomic mass is 32.2. The average molecular weight is 554 g/mol. The lowest BCUT2D eigenvalue weighted by Gasteiger charge is -2.49. The average Bonchev–Trinajstić information content (AvgIpc) is 3.54. The van der Waals surface area contributed by atoms with E-state index in [0.717, 1.165) is 30.3 Å². The van der Waals surface area contributed by atoms with Crippen LogP contribution in [0.1, 0.15) is 19.3 Å². The number of carbonyl (C=O) groups is 4. The maximum absolute atomic E-state index is 13.0. The first kappa shape index (κ1) is 24.7. The second-order valence-electron chi connectivity index (χ2n) is 9.28. The van der Waals surface area contributed by atoms with Crippen molar-refractivity contribution >= 4 is 47.2 Å². The zero-order chi connectivity index (χ0) is 26.4. The second kappa shape index (κ2) is 9.91. The Morgan fingerprint density at radius 2 is 2.00 bits per heavy atom. The van der Waals surface area contributed by atoms with E-state index < -0.39 is 23.3 Å². The molecule has 3 aliphatic heterocycles. The fourth-order valence-corrected chi connectivity index (χ4v) is 6.82. The number of carboxylic acids is 1. The molecule has 4 aliphatic rings. The van der Waals surface area contributed by atoms with Gasteiger partial charge in [-0.25, -0.2) is 4.79 Å². The fourth-order valence-electron chi connectivity index (χ4n) is 4.81. The second-order valence-corrected chi connectivity index (χ2v) is 11.3. The minimum atomic E-state index is -1.23. The van der Waals surface area contributed by atoms with Crippen LogP contribution in [0.2, 0.25) is 0 Å². The first-order chi connectivity index (χ1) is 18.4. The van der Waals surface area contributed by atoms with E-state index in [9.17, 15) is 24.3 Å². The van der Waals surface area contributed by atoms with Crippen molar-refractivity contribution in [2.45, 2.75) is 41.9 Å². The van der Waals surface area contributed by atoms with E-state index in [2.05, 4.69) is 20.8 Å². The summed E-state index contributed by atoms with van der Waals surface area (Å²) in [4.78, 5) is 53.6. The van der Waals surface area contributed by atoms with Gasteiger partial charge in [-0.2, -0.15) is 4.68 Å². The summed E-state index contributed by atoms with van der Waals surface area (Å²) in [6.45, 7) is 0.646. The highest BCUT2D eigenvalue weighted by Gasteiger charge is 2.54. The summed E-state index contributed by atoms with van der Waals surface area (Å²) in [5, 5.41) is 24.1. The van der Waals surface area contributed by atoms with Gasteiger partial charge in [-0.1, -0.05) is 30.0 Å². The van der Waals surface area contributed by atoms with Crippen LogP contribution in [0.15, 0.2) is 58.4 Å². The van der Waals surface area contributed by atoms with Gasteiger partial charge in [-0.3, -0.25) is 19.3 Å². The smallest absolute Gasteiger partial charge is 0.352 e. The number of tetrazole rings is 1. The van der Waals surface area contributed by atoms with Crippen LogP contribution in [0.4, 0.5) is 0 Å². The van der Waals surface area contributed by atoms with Crippen LogP contribution in [-0.4, -0.2) is 94.3 Å². The van der Waals surface area contributed by atoms with Gasteiger partial charge in [0, 0.05) is 23.9 Å². The molecule has 0 bridgehead atoms. The maximum atomic E-state index is 13.0. The number of benzene rings is 1. The lowest BCUT2D eigenvalue weighted by Crippen LogP contribution is -2.70. The molecule has 6 rings (SSSR count). The maximum Gasteiger partial charge on any atom is 0.352 e. The number of hydrogen-bond acceptors (Lipinski definition) is 9. The molecule has 196 valence electrons. The number of aliphatic carboxylic acids is 1. The van der Waals surface area contributed by atoms with Gasteiger partial charge in [0.05, 0.1) is 11.4 Å². The SMILES string of the molecule is O=C(CSc1nnnn1-c1ccccc1)N[C@@H]1C(=O)N2C(C(=O)O)=C(C=C3CCN(C4CC4)C3=O)CS[C@H]12. The molecule has 3 amide bonds. The molecule has 12 nitrogen and oxygen atoms in total. The topological polar surface area (TPSA) is 151 Å². The number of carbonyl (C=O) groups excluding carboxylic acids is 3. The standard InChI is InChI=1S/C24H23N7O5S2/c32-17(12-38-24-26-27-28-31(24)16-4-2-1-3-5-16)25-18-21(34)30-19(23(35)36)14(11-37-22(18)30)10-13-8-9-29(20(13)33)15-6-7-15/h1-5,10,15,18,22H,6-9,11-12H2,(H,25,32)(H,35,36)/t18-,22-/m1/s1. The molecular weight excluding hydrogens is 530 g/mol. The van der Waals surface area contributed by atoms with Gasteiger partial charge in [0.1, 0.15) is 17.1 Å². The van der Waals surface area contributed by atoms with Crippen molar-refractivity contribution in [1.29, 1.82) is 0 Å². The number of β-lactam (4-membered cyclic amide) rings is 1. The third-order valence-corrected chi connectivity index (χ3v) is 9.01. The summed E-state index contributed by atoms with van der Waals surface area (Å²) in [7, 11) is 0. The number of carboxylic acid groups (broad SMARTS) is 1. The monoisotopic (exact) mass is 553 g/mol. The van der Waals surface area contributed by atoms with Crippen molar-refractivity contribution < 1.29 is 24.3 Å². The molecule has 3 fully saturated rings. The summed E-state index contributed by atoms with van der Waals surface area (Å²) in [5.41, 5.74) is 1.66. The van der Waals surface area contributed by atoms with Gasteiger partial charge in [-0.05, 0) is 53.5 Å². The number of rotatable bonds is 8. The number of para-hydroxylation sites is 1. The zero-order valence-corrected chi connectivity index (χ0v) is 21.7. The van der Waals surface area contributed by atoms with Gasteiger partial charge in [0.25, 0.3) is 5.91 Å². The van der Waals surface area contributed by atoms with Crippen LogP contribution < -0.4 is 5.32 Å². The van der Waals surface area contributed by atoms with Crippen LogP contribution in [0.3, 0.4) is 0 Å². The predicted octanol–water partition coefficient (Wildman–Crippen LogP) is 0.814. The summed E-state index contributed by atoms with van der Waals surface area (Å²) < 4.78 is 1.52. The van der Waals surface area contributed by atoms with E-state index in [0.29, 0.717) is 41.1 Å². The van der Waals surface area contributed by atoms with Gasteiger partial charge in [0.2, 0.25) is 17.0 Å². The van der Waals surface area contributed by atoms with Crippen molar-refractivity contribution in [2.75, 3.05) is 18.1 Å². The van der Waals surface area contributed by atoms with E-state index in [1.165, 1.54) is 21.3 Å². The van der Waals surface area contributed by atoms with Crippen LogP contribution in [0.25, 0.3) is 5.69 Å². The number of nitrogens with zero attached hydrogens (tertiary/aromatic N) is 6. The van der Waals surface area contributed by atoms with Crippen molar-refractivity contribution in [3.63, 3.8) is 0 Å². The summed E-state index contributed by atoms with van der Waals surface area (Å²) in [6.07, 6.45) is 4.23. The normalized spacial score (nSPS) is 24.1. The van der Waals surface area contributed by atoms with Crippen molar-refractivity contribution in [3.05, 3.63) is 53.3 Å². The molecule has 1 aromatic carbocycles. The van der Waals surface area contributed by atoms with Crippen LogP contribution >= 0.6 is 23.5 Å². The Hall–Kier alpha value is -3.65. The third-order valence-electron chi connectivity index (χ3n) is 6.78. The Kier molecular flexibility index (Phi) is 6.43. The van der Waals surface area contributed by atoms with Crippen LogP contribution in [0, 0.1) is 0 Å². The number of nitrogens with one attached hydrogen (secondary N) is 1. The van der Waals surface area contributed by atoms with Gasteiger partial charge >= 0.3 is 5.97 Å². The Bertz CT molecular complexity index is 1390. The quantitative estimate of drug-likeness (QED) is 0.273. The van der Waals surface area contributed by atoms with E-state index in [1.807, 2.05) is 35.2 Å². The minimum absolute atomic E-state index is 0.0209. The van der Waals surface area contributed by atoms with E-state index in [-0.39, 0.29) is 23.3 Å². The molecule has 1 saturated carbocycles. The van der Waals surface area contributed by atoms with Crippen LogP contribution in [0.5, 0.6) is 0 Å². The highest BCUT2D eigenvalue weighted by Crippen LogP contribution is 2.42. The number of thioether (sulfide) groups is 2. The number of hydrogen-bond donors (Lipinski definition) is 2. The number of aromatic nitrogens is 4. The molecule has 0 spiro atoms. The fraction of sp³-hybridized carbons (Fsp3) is 0.375. The molecule has 2 aromatic rings. The Morgan fingerprint density at radius 1 is 1.21 bits per heavy atom. The van der Waals surface area contributed by atoms with Gasteiger partial charge in [0.15, 0.2) is 0 Å². The van der Waals surface area contributed by atoms with Crippen molar-refractivity contribution in [2.24, 2.45) is 0 Å². The van der Waals surface area contributed by atoms with Crippen molar-refractivity contribution in [3.8, 4) is 5.69 Å². The Labute approximate surface area is 225 Å². The molecular formula is C24H23N7O5S2. The molecule has 2 atom stereocenters. The van der Waals surface area contributed by atoms with Gasteiger partial charge in [-0.15, -0.1) is 16.9 Å². The number of amides is 3. The molecule has 14 heteroatoms. The molecule has 38 heavy (non-hydrogen) atoms. The Balaban J connectivity index is 1.11.